The Balaban J connectivity index is 1.63. The second-order valence-electron chi connectivity index (χ2n) is 9.94. The number of nitrogens with one attached hydrogen (secondary N) is 1. The minimum absolute atomic E-state index is 0.00814. The molecule has 10 nitrogen and oxygen atoms in total. The van der Waals surface area contributed by atoms with Crippen molar-refractivity contribution in [2.45, 2.75) is 63.8 Å². The van der Waals surface area contributed by atoms with E-state index in [0.717, 1.165) is 31.4 Å². The lowest BCUT2D eigenvalue weighted by atomic mass is 9.96. The van der Waals surface area contributed by atoms with Gasteiger partial charge in [0.25, 0.3) is 0 Å². The van der Waals surface area contributed by atoms with Crippen molar-refractivity contribution in [2.24, 2.45) is 0 Å². The van der Waals surface area contributed by atoms with Crippen LogP contribution < -0.4 is 15.1 Å². The summed E-state index contributed by atoms with van der Waals surface area (Å²) in [6.07, 6.45) is 1.69. The van der Waals surface area contributed by atoms with E-state index < -0.39 is 17.7 Å². The van der Waals surface area contributed by atoms with E-state index in [1.165, 1.54) is 7.11 Å². The van der Waals surface area contributed by atoms with Crippen LogP contribution in [0.1, 0.15) is 51.5 Å². The highest BCUT2D eigenvalue weighted by atomic mass is 16.6. The number of hydrogen-bond donors (Lipinski definition) is 2. The minimum Gasteiger partial charge on any atom is -0.593 e. The number of fused-ring (bicyclic) bond motifs is 1. The number of nitrogens with zero attached hydrogens (tertiary/aromatic N) is 4. The van der Waals surface area contributed by atoms with Crippen LogP contribution in [0.3, 0.4) is 0 Å². The largest absolute Gasteiger partial charge is 0.593 e. The maximum absolute atomic E-state index is 13.3. The first-order chi connectivity index (χ1) is 16.2. The average Bonchev–Trinajstić information content (AvgIpc) is 3.35. The van der Waals surface area contributed by atoms with Crippen LogP contribution in [0.15, 0.2) is 18.2 Å². The first kappa shape index (κ1) is 24.7. The van der Waals surface area contributed by atoms with Crippen LogP contribution in [0.5, 0.6) is 0 Å². The third-order valence-electron chi connectivity index (χ3n) is 6.96. The number of aliphatic hydroxyl groups excluding tert-OH is 1. The number of piperidine rings is 1. The molecule has 0 bridgehead atoms. The van der Waals surface area contributed by atoms with E-state index in [1.807, 2.05) is 44.0 Å². The summed E-state index contributed by atoms with van der Waals surface area (Å²) < 4.78 is 10.8. The molecule has 188 valence electrons. The molecule has 10 heteroatoms. The Labute approximate surface area is 201 Å². The van der Waals surface area contributed by atoms with Crippen molar-refractivity contribution in [3.63, 3.8) is 0 Å². The molecule has 0 spiro atoms. The van der Waals surface area contributed by atoms with E-state index in [9.17, 15) is 14.7 Å². The molecule has 2 N–H and O–H groups in total. The molecule has 2 amide bonds. The number of benzene rings is 1. The lowest BCUT2D eigenvalue weighted by molar-refractivity contribution is 0.0659. The molecule has 0 aromatic heterocycles. The van der Waals surface area contributed by atoms with Gasteiger partial charge >= 0.3 is 12.2 Å². The summed E-state index contributed by atoms with van der Waals surface area (Å²) in [5.41, 5.74) is 6.44. The number of methoxy groups -OCH3 is 1. The van der Waals surface area contributed by atoms with E-state index >= 15 is 0 Å². The predicted molar refractivity (Wildman–Crippen MR) is 129 cm³/mol. The first-order valence-corrected chi connectivity index (χ1v) is 12.0. The molecule has 2 unspecified atom stereocenters. The molecule has 2 saturated heterocycles. The molecule has 0 radical (unpaired) electrons. The van der Waals surface area contributed by atoms with Gasteiger partial charge in [0.15, 0.2) is 6.23 Å². The van der Waals surface area contributed by atoms with Gasteiger partial charge in [0.05, 0.1) is 37.7 Å². The topological polar surface area (TPSA) is 109 Å². The number of carbonyl (C=O) groups excluding carboxylic acids is 2. The third kappa shape index (κ3) is 4.86. The van der Waals surface area contributed by atoms with E-state index in [-0.39, 0.29) is 24.8 Å². The summed E-state index contributed by atoms with van der Waals surface area (Å²) in [5.74, 6) is 0.111. The number of anilines is 2. The molecule has 1 aromatic carbocycles. The van der Waals surface area contributed by atoms with Crippen molar-refractivity contribution in [1.29, 1.82) is 0 Å². The fourth-order valence-electron chi connectivity index (χ4n) is 4.80. The summed E-state index contributed by atoms with van der Waals surface area (Å²) in [4.78, 5) is 29.0. The zero-order chi connectivity index (χ0) is 24.5. The first-order valence-electron chi connectivity index (χ1n) is 12.0. The maximum atomic E-state index is 13.3. The van der Waals surface area contributed by atoms with Gasteiger partial charge in [-0.05, 0) is 76.7 Å². The second kappa shape index (κ2) is 10.1. The Morgan fingerprint density at radius 2 is 2.00 bits per heavy atom. The molecule has 3 atom stereocenters. The summed E-state index contributed by atoms with van der Waals surface area (Å²) in [6.45, 7) is 8.20. The lowest BCUT2D eigenvalue weighted by Gasteiger charge is -2.43. The van der Waals surface area contributed by atoms with Gasteiger partial charge in [-0.1, -0.05) is 6.07 Å². The summed E-state index contributed by atoms with van der Waals surface area (Å²) in [6, 6.07) is 5.53. The third-order valence-corrected chi connectivity index (χ3v) is 6.96. The number of rotatable bonds is 4. The Hall–Kier alpha value is -2.40. The summed E-state index contributed by atoms with van der Waals surface area (Å²) in [5, 5.41) is 14.9. The van der Waals surface area contributed by atoms with Crippen LogP contribution in [-0.4, -0.2) is 80.0 Å². The van der Waals surface area contributed by atoms with Crippen LogP contribution in [-0.2, 0) is 9.47 Å². The molecule has 1 aromatic rings. The smallest absolute Gasteiger partial charge is 0.416 e. The molecule has 34 heavy (non-hydrogen) atoms. The van der Waals surface area contributed by atoms with E-state index in [4.69, 9.17) is 9.47 Å². The highest BCUT2D eigenvalue weighted by Gasteiger charge is 2.38. The Bertz CT molecular complexity index is 904. The van der Waals surface area contributed by atoms with Gasteiger partial charge in [-0.15, -0.1) is 6.54 Å². The second-order valence-corrected chi connectivity index (χ2v) is 9.94. The van der Waals surface area contributed by atoms with Crippen LogP contribution >= 0.6 is 0 Å². The van der Waals surface area contributed by atoms with E-state index in [0.29, 0.717) is 31.0 Å². The number of carbonyl (C=O) groups is 2. The van der Waals surface area contributed by atoms with Crippen LogP contribution in [0.2, 0.25) is 0 Å². The fourth-order valence-corrected chi connectivity index (χ4v) is 4.80. The summed E-state index contributed by atoms with van der Waals surface area (Å²) in [7, 11) is 1.36. The quantitative estimate of drug-likeness (QED) is 0.690. The monoisotopic (exact) mass is 474 g/mol. The van der Waals surface area contributed by atoms with Gasteiger partial charge < -0.3 is 25.0 Å². The highest BCUT2D eigenvalue weighted by molar-refractivity contribution is 6.01. The van der Waals surface area contributed by atoms with Gasteiger partial charge in [0.1, 0.15) is 0 Å². The Morgan fingerprint density at radius 3 is 2.68 bits per heavy atom. The van der Waals surface area contributed by atoms with E-state index in [1.54, 1.807) is 9.80 Å². The number of hydrogen-bond acceptors (Lipinski definition) is 7. The zero-order valence-corrected chi connectivity index (χ0v) is 20.5. The van der Waals surface area contributed by atoms with Crippen molar-refractivity contribution in [1.82, 2.24) is 10.3 Å². The molecular formula is C24H36N5O5-. The molecule has 0 saturated carbocycles. The number of ether oxygens (including phenoxy) is 2. The molecule has 2 fully saturated rings. The zero-order valence-electron chi connectivity index (χ0n) is 20.5. The van der Waals surface area contributed by atoms with Crippen LogP contribution in [0, 0.1) is 0 Å². The van der Waals surface area contributed by atoms with Gasteiger partial charge in [-0.3, -0.25) is 15.1 Å². The van der Waals surface area contributed by atoms with Gasteiger partial charge in [0.2, 0.25) is 0 Å². The maximum Gasteiger partial charge on any atom is 0.416 e. The standard InChI is InChI=1S/C24H36N5O5/c1-16-13-27(22(31)34-21-7-5-6-10-25-21)20-11-17(8-9-19(20)29(16)23(32)33-4)18-12-26-28(14-18)24(2,3)15-30/h8-9,11,16,18,21,25,30H,5-7,10,12-15H2,1-4H3/q-1/t16-,18?,21?/m0/s1. The summed E-state index contributed by atoms with van der Waals surface area (Å²) >= 11 is 0. The van der Waals surface area contributed by atoms with Gasteiger partial charge in [-0.25, -0.2) is 9.59 Å². The molecule has 4 rings (SSSR count). The SMILES string of the molecule is COC(=O)N1c2ccc(C3C[N-]N(C(C)(C)CO)C3)cc2N(C(=O)OC2CCCCN2)C[C@@H]1C. The van der Waals surface area contributed by atoms with Gasteiger partial charge in [-0.2, -0.15) is 0 Å². The number of amides is 2. The Kier molecular flexibility index (Phi) is 7.32. The molecule has 3 heterocycles. The van der Waals surface area contributed by atoms with Crippen LogP contribution in [0.4, 0.5) is 21.0 Å². The highest BCUT2D eigenvalue weighted by Crippen LogP contribution is 2.41. The normalized spacial score (nSPS) is 25.7. The molecule has 0 aliphatic carbocycles. The van der Waals surface area contributed by atoms with Crippen LogP contribution in [0.25, 0.3) is 5.43 Å². The fraction of sp³-hybridized carbons (Fsp3) is 0.667. The van der Waals surface area contributed by atoms with Crippen molar-refractivity contribution in [3.8, 4) is 0 Å². The molecule has 3 aliphatic rings. The van der Waals surface area contributed by atoms with Crippen molar-refractivity contribution in [3.05, 3.63) is 29.2 Å². The predicted octanol–water partition coefficient (Wildman–Crippen LogP) is 3.16. The molecular weight excluding hydrogens is 438 g/mol. The van der Waals surface area contributed by atoms with E-state index in [2.05, 4.69) is 10.7 Å². The number of aliphatic hydroxyl groups is 1. The lowest BCUT2D eigenvalue weighted by Crippen LogP contribution is -2.53. The van der Waals surface area contributed by atoms with Gasteiger partial charge in [0, 0.05) is 5.54 Å². The molecule has 3 aliphatic heterocycles. The van der Waals surface area contributed by atoms with Crippen molar-refractivity contribution >= 4 is 23.6 Å². The van der Waals surface area contributed by atoms with Crippen molar-refractivity contribution in [2.75, 3.05) is 49.7 Å². The van der Waals surface area contributed by atoms with Crippen molar-refractivity contribution < 1.29 is 24.2 Å². The Morgan fingerprint density at radius 1 is 1.21 bits per heavy atom. The average molecular weight is 475 g/mol. The minimum atomic E-state index is -0.463.